The Morgan fingerprint density at radius 3 is 2.31 bits per heavy atom. The van der Waals surface area contributed by atoms with E-state index in [2.05, 4.69) is 0 Å². The molecule has 0 aromatic heterocycles. The number of nitrogens with zero attached hydrogens (tertiary/aromatic N) is 3. The average molecular weight is 482 g/mol. The van der Waals surface area contributed by atoms with Crippen molar-refractivity contribution in [1.29, 1.82) is 0 Å². The number of carbonyl (C=O) groups excluding carboxylic acids is 2. The number of halogens is 1. The fourth-order valence-electron chi connectivity index (χ4n) is 5.01. The number of carbonyl (C=O) groups is 2. The molecule has 1 saturated heterocycles. The zero-order valence-corrected chi connectivity index (χ0v) is 21.8. The van der Waals surface area contributed by atoms with Gasteiger partial charge in [-0.2, -0.15) is 0 Å². The number of hydrogen-bond donors (Lipinski definition) is 1. The van der Waals surface area contributed by atoms with Crippen LogP contribution in [-0.2, 0) is 22.6 Å². The molecule has 2 aromatic rings. The van der Waals surface area contributed by atoms with E-state index in [9.17, 15) is 19.1 Å². The molecule has 2 aliphatic rings. The minimum atomic E-state index is -0.793. The summed E-state index contributed by atoms with van der Waals surface area (Å²) in [5.41, 5.74) is 5.34. The zero-order valence-electron chi connectivity index (χ0n) is 21.8. The number of benzene rings is 2. The standard InChI is InChI=1S/C28H36FN3O3/c1-16-10-23(17(2)18(3)25(16)33)30(7)26(34)24-12-19-8-9-22(31-14-21(29)15-31)11-20(19)13-32(24)27(35)28(4,5)6/h8-11,21,24,33H,12-15H2,1-7H3/t24-/m0/s1. The van der Waals surface area contributed by atoms with Crippen LogP contribution < -0.4 is 9.80 Å². The number of rotatable bonds is 3. The second-order valence-corrected chi connectivity index (χ2v) is 11.1. The molecule has 6 nitrogen and oxygen atoms in total. The van der Waals surface area contributed by atoms with E-state index in [-0.39, 0.29) is 17.6 Å². The second-order valence-electron chi connectivity index (χ2n) is 11.1. The van der Waals surface area contributed by atoms with E-state index in [1.54, 1.807) is 16.8 Å². The number of likely N-dealkylation sites (N-methyl/N-ethyl adjacent to an activating group) is 1. The highest BCUT2D eigenvalue weighted by atomic mass is 19.1. The lowest BCUT2D eigenvalue weighted by molar-refractivity contribution is -0.147. The summed E-state index contributed by atoms with van der Waals surface area (Å²) in [7, 11) is 1.73. The monoisotopic (exact) mass is 481 g/mol. The summed E-state index contributed by atoms with van der Waals surface area (Å²) in [4.78, 5) is 32.7. The summed E-state index contributed by atoms with van der Waals surface area (Å²) in [5.74, 6) is -0.00360. The van der Waals surface area contributed by atoms with Gasteiger partial charge in [0, 0.05) is 36.8 Å². The van der Waals surface area contributed by atoms with Gasteiger partial charge in [-0.15, -0.1) is 0 Å². The number of aromatic hydroxyl groups is 1. The first-order valence-corrected chi connectivity index (χ1v) is 12.2. The molecular formula is C28H36FN3O3. The fourth-order valence-corrected chi connectivity index (χ4v) is 5.01. The van der Waals surface area contributed by atoms with Gasteiger partial charge in [0.15, 0.2) is 0 Å². The van der Waals surface area contributed by atoms with E-state index in [1.165, 1.54) is 0 Å². The number of alkyl halides is 1. The number of amides is 2. The van der Waals surface area contributed by atoms with E-state index in [1.807, 2.05) is 70.7 Å². The molecule has 2 aromatic carbocycles. The predicted octanol–water partition coefficient (Wildman–Crippen LogP) is 4.44. The Hall–Kier alpha value is -3.09. The third-order valence-electron chi connectivity index (χ3n) is 7.43. The minimum Gasteiger partial charge on any atom is -0.507 e. The molecule has 7 heteroatoms. The molecule has 4 rings (SSSR count). The molecule has 2 aliphatic heterocycles. The fraction of sp³-hybridized carbons (Fsp3) is 0.500. The number of hydrogen-bond acceptors (Lipinski definition) is 4. The molecule has 2 heterocycles. The normalized spacial score (nSPS) is 18.2. The number of fused-ring (bicyclic) bond motifs is 1. The van der Waals surface area contributed by atoms with Gasteiger partial charge < -0.3 is 19.8 Å². The van der Waals surface area contributed by atoms with Crippen LogP contribution in [0.15, 0.2) is 24.3 Å². The van der Waals surface area contributed by atoms with Crippen molar-refractivity contribution >= 4 is 23.2 Å². The molecule has 0 unspecified atom stereocenters. The van der Waals surface area contributed by atoms with Gasteiger partial charge in [0.25, 0.3) is 0 Å². The number of phenolic OH excluding ortho intramolecular Hbond substituents is 1. The maximum absolute atomic E-state index is 13.9. The first kappa shape index (κ1) is 25.0. The lowest BCUT2D eigenvalue weighted by Crippen LogP contribution is -2.55. The molecule has 1 atom stereocenters. The van der Waals surface area contributed by atoms with Gasteiger partial charge in [-0.1, -0.05) is 26.8 Å². The number of anilines is 2. The summed E-state index contributed by atoms with van der Waals surface area (Å²) in [6.07, 6.45) is -0.375. The maximum atomic E-state index is 13.9. The Balaban J connectivity index is 1.69. The summed E-state index contributed by atoms with van der Waals surface area (Å²) >= 11 is 0. The molecular weight excluding hydrogens is 445 g/mol. The van der Waals surface area contributed by atoms with Crippen molar-refractivity contribution in [3.8, 4) is 5.75 Å². The van der Waals surface area contributed by atoms with Gasteiger partial charge in [-0.3, -0.25) is 9.59 Å². The lowest BCUT2D eigenvalue weighted by atomic mass is 9.87. The molecule has 35 heavy (non-hydrogen) atoms. The Labute approximate surface area is 207 Å². The van der Waals surface area contributed by atoms with Crippen LogP contribution in [0.2, 0.25) is 0 Å². The van der Waals surface area contributed by atoms with Crippen molar-refractivity contribution in [2.45, 2.75) is 66.7 Å². The number of phenols is 1. The zero-order chi connectivity index (χ0) is 25.8. The summed E-state index contributed by atoms with van der Waals surface area (Å²) in [5, 5.41) is 10.3. The Bertz CT molecular complexity index is 1180. The van der Waals surface area contributed by atoms with Gasteiger partial charge >= 0.3 is 0 Å². The van der Waals surface area contributed by atoms with Crippen LogP contribution in [0.1, 0.15) is 48.6 Å². The van der Waals surface area contributed by atoms with Gasteiger partial charge in [-0.25, -0.2) is 4.39 Å². The average Bonchev–Trinajstić information content (AvgIpc) is 2.79. The van der Waals surface area contributed by atoms with E-state index in [4.69, 9.17) is 0 Å². The highest BCUT2D eigenvalue weighted by Gasteiger charge is 2.40. The second kappa shape index (κ2) is 8.85. The largest absolute Gasteiger partial charge is 0.507 e. The summed E-state index contributed by atoms with van der Waals surface area (Å²) < 4.78 is 13.4. The minimum absolute atomic E-state index is 0.0807. The van der Waals surface area contributed by atoms with Crippen LogP contribution in [0.4, 0.5) is 15.8 Å². The van der Waals surface area contributed by atoms with Crippen LogP contribution in [0.3, 0.4) is 0 Å². The predicted molar refractivity (Wildman–Crippen MR) is 137 cm³/mol. The maximum Gasteiger partial charge on any atom is 0.249 e. The van der Waals surface area contributed by atoms with Crippen molar-refractivity contribution in [3.63, 3.8) is 0 Å². The first-order valence-electron chi connectivity index (χ1n) is 12.2. The third kappa shape index (κ3) is 4.48. The van der Waals surface area contributed by atoms with Crippen LogP contribution >= 0.6 is 0 Å². The van der Waals surface area contributed by atoms with Crippen LogP contribution in [0.5, 0.6) is 5.75 Å². The van der Waals surface area contributed by atoms with Crippen molar-refractivity contribution in [3.05, 3.63) is 52.1 Å². The van der Waals surface area contributed by atoms with E-state index in [0.29, 0.717) is 31.6 Å². The molecule has 0 saturated carbocycles. The molecule has 0 aliphatic carbocycles. The van der Waals surface area contributed by atoms with Crippen molar-refractivity contribution in [1.82, 2.24) is 4.90 Å². The quantitative estimate of drug-likeness (QED) is 0.704. The third-order valence-corrected chi connectivity index (χ3v) is 7.43. The smallest absolute Gasteiger partial charge is 0.249 e. The molecule has 0 spiro atoms. The molecule has 0 radical (unpaired) electrons. The highest BCUT2D eigenvalue weighted by Crippen LogP contribution is 2.36. The molecule has 2 amide bonds. The van der Waals surface area contributed by atoms with Crippen molar-refractivity contribution < 1.29 is 19.1 Å². The van der Waals surface area contributed by atoms with Gasteiger partial charge in [0.1, 0.15) is 18.0 Å². The molecule has 188 valence electrons. The van der Waals surface area contributed by atoms with Gasteiger partial charge in [-0.05, 0) is 66.8 Å². The molecule has 1 N–H and O–H groups in total. The van der Waals surface area contributed by atoms with Gasteiger partial charge in [0.05, 0.1) is 13.1 Å². The Morgan fingerprint density at radius 2 is 1.71 bits per heavy atom. The van der Waals surface area contributed by atoms with Crippen molar-refractivity contribution in [2.24, 2.45) is 5.41 Å². The van der Waals surface area contributed by atoms with E-state index < -0.39 is 17.6 Å². The van der Waals surface area contributed by atoms with Crippen LogP contribution in [-0.4, -0.2) is 54.2 Å². The number of aryl methyl sites for hydroxylation is 1. The van der Waals surface area contributed by atoms with Crippen LogP contribution in [0, 0.1) is 26.2 Å². The SMILES string of the molecule is Cc1cc(N(C)C(=O)[C@@H]2Cc3ccc(N4CC(F)C4)cc3CN2C(=O)C(C)(C)C)c(C)c(C)c1O. The molecule has 0 bridgehead atoms. The van der Waals surface area contributed by atoms with Crippen molar-refractivity contribution in [2.75, 3.05) is 29.9 Å². The summed E-state index contributed by atoms with van der Waals surface area (Å²) in [6.45, 7) is 12.3. The Morgan fingerprint density at radius 1 is 1.06 bits per heavy atom. The lowest BCUT2D eigenvalue weighted by Gasteiger charge is -2.42. The van der Waals surface area contributed by atoms with Gasteiger partial charge in [0.2, 0.25) is 11.8 Å². The highest BCUT2D eigenvalue weighted by molar-refractivity contribution is 6.00. The van der Waals surface area contributed by atoms with Crippen LogP contribution in [0.25, 0.3) is 0 Å². The Kier molecular flexibility index (Phi) is 6.32. The van der Waals surface area contributed by atoms with E-state index in [0.717, 1.165) is 33.6 Å². The molecule has 1 fully saturated rings. The topological polar surface area (TPSA) is 64.1 Å². The summed E-state index contributed by atoms with van der Waals surface area (Å²) in [6, 6.07) is 7.20. The first-order chi connectivity index (χ1) is 16.3. The van der Waals surface area contributed by atoms with E-state index >= 15 is 0 Å².